The van der Waals surface area contributed by atoms with Gasteiger partial charge in [-0.15, -0.1) is 0 Å². The minimum atomic E-state index is -0.382. The van der Waals surface area contributed by atoms with E-state index < -0.39 is 0 Å². The third kappa shape index (κ3) is 3.22. The molecule has 0 spiro atoms. The van der Waals surface area contributed by atoms with Crippen LogP contribution < -0.4 is 4.74 Å². The third-order valence-corrected chi connectivity index (χ3v) is 3.61. The zero-order valence-corrected chi connectivity index (χ0v) is 11.0. The van der Waals surface area contributed by atoms with E-state index >= 15 is 0 Å². The van der Waals surface area contributed by atoms with Crippen LogP contribution in [-0.2, 0) is 6.61 Å². The van der Waals surface area contributed by atoms with Crippen molar-refractivity contribution in [2.45, 2.75) is 45.8 Å². The average Bonchev–Trinajstić information content (AvgIpc) is 2.30. The van der Waals surface area contributed by atoms with Gasteiger partial charge in [-0.25, -0.2) is 4.39 Å². The van der Waals surface area contributed by atoms with E-state index in [1.54, 1.807) is 12.1 Å². The highest BCUT2D eigenvalue weighted by Crippen LogP contribution is 2.32. The van der Waals surface area contributed by atoms with Crippen molar-refractivity contribution < 1.29 is 14.2 Å². The lowest BCUT2D eigenvalue weighted by molar-refractivity contribution is 0.0969. The van der Waals surface area contributed by atoms with Crippen LogP contribution in [0.2, 0.25) is 0 Å². The Balaban J connectivity index is 2.04. The summed E-state index contributed by atoms with van der Waals surface area (Å²) in [5.41, 5.74) is 0.574. The molecule has 1 aliphatic rings. The molecule has 18 heavy (non-hydrogen) atoms. The lowest BCUT2D eigenvalue weighted by Crippen LogP contribution is -2.28. The smallest absolute Gasteiger partial charge is 0.165 e. The molecule has 1 fully saturated rings. The molecular formula is C15H21FO2. The van der Waals surface area contributed by atoms with E-state index in [2.05, 4.69) is 13.8 Å². The van der Waals surface area contributed by atoms with Crippen LogP contribution in [0.5, 0.6) is 5.75 Å². The Bertz CT molecular complexity index is 395. The number of ether oxygens (including phenoxy) is 1. The maximum absolute atomic E-state index is 13.8. The Kier molecular flexibility index (Phi) is 4.23. The van der Waals surface area contributed by atoms with Crippen molar-refractivity contribution in [1.82, 2.24) is 0 Å². The first-order chi connectivity index (χ1) is 8.58. The normalized spacial score (nSPS) is 28.1. The highest BCUT2D eigenvalue weighted by molar-refractivity contribution is 5.29. The molecule has 1 aromatic carbocycles. The van der Waals surface area contributed by atoms with Crippen LogP contribution >= 0.6 is 0 Å². The van der Waals surface area contributed by atoms with Crippen molar-refractivity contribution >= 4 is 0 Å². The van der Waals surface area contributed by atoms with E-state index in [1.165, 1.54) is 12.5 Å². The molecule has 1 aliphatic carbocycles. The molecule has 0 radical (unpaired) electrons. The molecule has 2 nitrogen and oxygen atoms in total. The molecule has 2 unspecified atom stereocenters. The maximum atomic E-state index is 13.8. The quantitative estimate of drug-likeness (QED) is 0.891. The number of hydrogen-bond acceptors (Lipinski definition) is 2. The molecule has 1 saturated carbocycles. The second-order valence-electron chi connectivity index (χ2n) is 5.58. The van der Waals surface area contributed by atoms with E-state index in [0.29, 0.717) is 23.1 Å². The summed E-state index contributed by atoms with van der Waals surface area (Å²) in [6.45, 7) is 4.29. The SMILES string of the molecule is CC1CC(C)CC(Oc2ccc(CO)cc2F)C1. The van der Waals surface area contributed by atoms with Crippen LogP contribution in [0.3, 0.4) is 0 Å². The van der Waals surface area contributed by atoms with E-state index in [-0.39, 0.29) is 18.5 Å². The Morgan fingerprint density at radius 2 is 1.89 bits per heavy atom. The van der Waals surface area contributed by atoms with Crippen LogP contribution in [0.1, 0.15) is 38.7 Å². The Hall–Kier alpha value is -1.09. The number of aliphatic hydroxyl groups is 1. The number of aliphatic hydroxyl groups excluding tert-OH is 1. The lowest BCUT2D eigenvalue weighted by atomic mass is 9.82. The fourth-order valence-electron chi connectivity index (χ4n) is 2.89. The topological polar surface area (TPSA) is 29.5 Å². The first-order valence-corrected chi connectivity index (χ1v) is 6.64. The minimum absolute atomic E-state index is 0.109. The van der Waals surface area contributed by atoms with Crippen molar-refractivity contribution in [3.05, 3.63) is 29.6 Å². The van der Waals surface area contributed by atoms with Gasteiger partial charge in [0.05, 0.1) is 12.7 Å². The summed E-state index contributed by atoms with van der Waals surface area (Å²) in [5, 5.41) is 8.94. The summed E-state index contributed by atoms with van der Waals surface area (Å²) in [4.78, 5) is 0. The summed E-state index contributed by atoms with van der Waals surface area (Å²) in [6, 6.07) is 4.66. The fourth-order valence-corrected chi connectivity index (χ4v) is 2.89. The summed E-state index contributed by atoms with van der Waals surface area (Å²) < 4.78 is 19.5. The summed E-state index contributed by atoms with van der Waals surface area (Å²) >= 11 is 0. The van der Waals surface area contributed by atoms with Crippen molar-refractivity contribution in [2.24, 2.45) is 11.8 Å². The van der Waals surface area contributed by atoms with Crippen molar-refractivity contribution in [3.63, 3.8) is 0 Å². The fraction of sp³-hybridized carbons (Fsp3) is 0.600. The summed E-state index contributed by atoms with van der Waals surface area (Å²) in [7, 11) is 0. The number of hydrogen-bond donors (Lipinski definition) is 1. The van der Waals surface area contributed by atoms with E-state index in [0.717, 1.165) is 12.8 Å². The molecule has 0 aromatic heterocycles. The van der Waals surface area contributed by atoms with Crippen LogP contribution in [0.15, 0.2) is 18.2 Å². The van der Waals surface area contributed by atoms with Gasteiger partial charge in [0, 0.05) is 0 Å². The predicted molar refractivity (Wildman–Crippen MR) is 68.9 cm³/mol. The zero-order chi connectivity index (χ0) is 13.1. The molecule has 2 atom stereocenters. The molecular weight excluding hydrogens is 231 g/mol. The van der Waals surface area contributed by atoms with Gasteiger partial charge in [-0.2, -0.15) is 0 Å². The minimum Gasteiger partial charge on any atom is -0.487 e. The average molecular weight is 252 g/mol. The van der Waals surface area contributed by atoms with Gasteiger partial charge in [-0.3, -0.25) is 0 Å². The van der Waals surface area contributed by atoms with Gasteiger partial charge in [0.25, 0.3) is 0 Å². The molecule has 3 heteroatoms. The molecule has 0 bridgehead atoms. The van der Waals surface area contributed by atoms with Gasteiger partial charge in [0.1, 0.15) is 0 Å². The van der Waals surface area contributed by atoms with Gasteiger partial charge in [0.2, 0.25) is 0 Å². The van der Waals surface area contributed by atoms with Crippen LogP contribution in [0.4, 0.5) is 4.39 Å². The van der Waals surface area contributed by atoms with Gasteiger partial charge in [-0.05, 0) is 48.8 Å². The molecule has 0 heterocycles. The standard InChI is InChI=1S/C15H21FO2/c1-10-5-11(2)7-13(6-10)18-15-4-3-12(9-17)8-14(15)16/h3-4,8,10-11,13,17H,5-7,9H2,1-2H3. The summed E-state index contributed by atoms with van der Waals surface area (Å²) in [5.74, 6) is 1.20. The number of halogens is 1. The Labute approximate surface area is 108 Å². The second-order valence-corrected chi connectivity index (χ2v) is 5.58. The van der Waals surface area contributed by atoms with Gasteiger partial charge < -0.3 is 9.84 Å². The van der Waals surface area contributed by atoms with Gasteiger partial charge in [0.15, 0.2) is 11.6 Å². The lowest BCUT2D eigenvalue weighted by Gasteiger charge is -2.31. The molecule has 0 amide bonds. The van der Waals surface area contributed by atoms with Crippen molar-refractivity contribution in [3.8, 4) is 5.75 Å². The monoisotopic (exact) mass is 252 g/mol. The van der Waals surface area contributed by atoms with E-state index in [1.807, 2.05) is 0 Å². The van der Waals surface area contributed by atoms with Crippen molar-refractivity contribution in [1.29, 1.82) is 0 Å². The van der Waals surface area contributed by atoms with Crippen LogP contribution in [0, 0.1) is 17.7 Å². The first kappa shape index (κ1) is 13.3. The zero-order valence-electron chi connectivity index (χ0n) is 11.0. The maximum Gasteiger partial charge on any atom is 0.165 e. The van der Waals surface area contributed by atoms with Crippen LogP contribution in [0.25, 0.3) is 0 Å². The molecule has 2 rings (SSSR count). The molecule has 1 aromatic rings. The first-order valence-electron chi connectivity index (χ1n) is 6.64. The van der Waals surface area contributed by atoms with E-state index in [9.17, 15) is 4.39 Å². The van der Waals surface area contributed by atoms with Gasteiger partial charge in [-0.1, -0.05) is 19.9 Å². The second kappa shape index (κ2) is 5.70. The number of rotatable bonds is 3. The Morgan fingerprint density at radius 3 is 2.44 bits per heavy atom. The van der Waals surface area contributed by atoms with E-state index in [4.69, 9.17) is 9.84 Å². The Morgan fingerprint density at radius 1 is 1.22 bits per heavy atom. The molecule has 0 saturated heterocycles. The third-order valence-electron chi connectivity index (χ3n) is 3.61. The largest absolute Gasteiger partial charge is 0.487 e. The molecule has 100 valence electrons. The highest BCUT2D eigenvalue weighted by atomic mass is 19.1. The predicted octanol–water partition coefficient (Wildman–Crippen LogP) is 3.52. The molecule has 1 N–H and O–H groups in total. The summed E-state index contributed by atoms with van der Waals surface area (Å²) in [6.07, 6.45) is 3.32. The van der Waals surface area contributed by atoms with Crippen molar-refractivity contribution in [2.75, 3.05) is 0 Å². The van der Waals surface area contributed by atoms with Gasteiger partial charge >= 0.3 is 0 Å². The number of benzene rings is 1. The molecule has 0 aliphatic heterocycles. The highest BCUT2D eigenvalue weighted by Gasteiger charge is 2.25. The van der Waals surface area contributed by atoms with Crippen LogP contribution in [-0.4, -0.2) is 11.2 Å².